The number of hydrogen-bond acceptors (Lipinski definition) is 6. The molecule has 1 aromatic heterocycles. The van der Waals surface area contributed by atoms with Crippen molar-refractivity contribution in [2.45, 2.75) is 39.0 Å². The van der Waals surface area contributed by atoms with Crippen molar-refractivity contribution < 1.29 is 13.9 Å². The first-order valence-electron chi connectivity index (χ1n) is 8.95. The first kappa shape index (κ1) is 19.3. The van der Waals surface area contributed by atoms with E-state index in [1.54, 1.807) is 0 Å². The number of aryl methyl sites for hydroxylation is 3. The lowest BCUT2D eigenvalue weighted by Gasteiger charge is -2.07. The van der Waals surface area contributed by atoms with Gasteiger partial charge < -0.3 is 13.9 Å². The maximum atomic E-state index is 5.78. The molecular weight excluding hydrogens is 360 g/mol. The van der Waals surface area contributed by atoms with Crippen molar-refractivity contribution in [3.05, 3.63) is 65.0 Å². The number of thioether (sulfide) groups is 1. The Kier molecular flexibility index (Phi) is 6.76. The van der Waals surface area contributed by atoms with Crippen molar-refractivity contribution in [2.24, 2.45) is 0 Å². The molecule has 27 heavy (non-hydrogen) atoms. The van der Waals surface area contributed by atoms with Crippen LogP contribution in [0.1, 0.15) is 29.0 Å². The van der Waals surface area contributed by atoms with Crippen molar-refractivity contribution in [1.29, 1.82) is 0 Å². The van der Waals surface area contributed by atoms with E-state index in [2.05, 4.69) is 36.2 Å². The third-order valence-electron chi connectivity index (χ3n) is 4.06. The number of nitrogens with zero attached hydrogens (tertiary/aromatic N) is 2. The number of hydrogen-bond donors (Lipinski definition) is 0. The van der Waals surface area contributed by atoms with Crippen LogP contribution in [0.2, 0.25) is 0 Å². The Morgan fingerprint density at radius 1 is 0.926 bits per heavy atom. The van der Waals surface area contributed by atoms with E-state index in [0.29, 0.717) is 17.7 Å². The predicted octanol–water partition coefficient (Wildman–Crippen LogP) is 5.14. The molecule has 0 saturated heterocycles. The highest BCUT2D eigenvalue weighted by Gasteiger charge is 2.07. The van der Waals surface area contributed by atoms with Gasteiger partial charge in [-0.05, 0) is 68.1 Å². The Bertz CT molecular complexity index is 879. The summed E-state index contributed by atoms with van der Waals surface area (Å²) in [5.41, 5.74) is 3.67. The SMILES string of the molecule is Cc1cccc(OCc2nnc(SCCCOc3ccc(C)c(C)c3)o2)c1. The van der Waals surface area contributed by atoms with Crippen molar-refractivity contribution in [2.75, 3.05) is 12.4 Å². The largest absolute Gasteiger partial charge is 0.494 e. The van der Waals surface area contributed by atoms with Crippen LogP contribution in [0.25, 0.3) is 0 Å². The van der Waals surface area contributed by atoms with Crippen LogP contribution >= 0.6 is 11.8 Å². The smallest absolute Gasteiger partial charge is 0.276 e. The van der Waals surface area contributed by atoms with Crippen molar-refractivity contribution in [3.8, 4) is 11.5 Å². The van der Waals surface area contributed by atoms with Gasteiger partial charge in [0.1, 0.15) is 11.5 Å². The van der Waals surface area contributed by atoms with Crippen LogP contribution in [0.5, 0.6) is 11.5 Å². The molecule has 0 aliphatic rings. The fraction of sp³-hybridized carbons (Fsp3) is 0.333. The van der Waals surface area contributed by atoms with Crippen LogP contribution in [-0.2, 0) is 6.61 Å². The maximum Gasteiger partial charge on any atom is 0.276 e. The van der Waals surface area contributed by atoms with Gasteiger partial charge in [0, 0.05) is 5.75 Å². The summed E-state index contributed by atoms with van der Waals surface area (Å²) in [5.74, 6) is 3.04. The molecule has 0 unspecified atom stereocenters. The molecule has 142 valence electrons. The molecule has 1 heterocycles. The van der Waals surface area contributed by atoms with Crippen LogP contribution in [0.3, 0.4) is 0 Å². The number of benzene rings is 2. The molecule has 0 spiro atoms. The zero-order valence-electron chi connectivity index (χ0n) is 15.9. The van der Waals surface area contributed by atoms with Gasteiger partial charge in [-0.2, -0.15) is 0 Å². The predicted molar refractivity (Wildman–Crippen MR) is 107 cm³/mol. The van der Waals surface area contributed by atoms with E-state index >= 15 is 0 Å². The molecule has 3 aromatic rings. The summed E-state index contributed by atoms with van der Waals surface area (Å²) in [6.45, 7) is 7.14. The van der Waals surface area contributed by atoms with Gasteiger partial charge >= 0.3 is 0 Å². The second-order valence-electron chi connectivity index (χ2n) is 6.36. The average molecular weight is 385 g/mol. The molecule has 0 fully saturated rings. The molecule has 3 rings (SSSR count). The van der Waals surface area contributed by atoms with Gasteiger partial charge in [0.25, 0.3) is 11.1 Å². The van der Waals surface area contributed by atoms with Crippen molar-refractivity contribution in [1.82, 2.24) is 10.2 Å². The molecule has 0 N–H and O–H groups in total. The van der Waals surface area contributed by atoms with E-state index in [1.165, 1.54) is 22.9 Å². The van der Waals surface area contributed by atoms with Gasteiger partial charge in [0.2, 0.25) is 0 Å². The minimum absolute atomic E-state index is 0.271. The Hall–Kier alpha value is -2.47. The summed E-state index contributed by atoms with van der Waals surface area (Å²) in [7, 11) is 0. The molecule has 2 aromatic carbocycles. The summed E-state index contributed by atoms with van der Waals surface area (Å²) in [5, 5.41) is 8.63. The summed E-state index contributed by atoms with van der Waals surface area (Å²) in [6.07, 6.45) is 0.898. The van der Waals surface area contributed by atoms with Crippen LogP contribution in [0.4, 0.5) is 0 Å². The molecule has 0 saturated carbocycles. The lowest BCUT2D eigenvalue weighted by atomic mass is 10.1. The lowest BCUT2D eigenvalue weighted by Crippen LogP contribution is -1.99. The highest BCUT2D eigenvalue weighted by atomic mass is 32.2. The van der Waals surface area contributed by atoms with E-state index in [-0.39, 0.29) is 6.61 Å². The molecule has 0 radical (unpaired) electrons. The minimum atomic E-state index is 0.271. The van der Waals surface area contributed by atoms with Crippen LogP contribution in [-0.4, -0.2) is 22.6 Å². The average Bonchev–Trinajstić information content (AvgIpc) is 3.10. The maximum absolute atomic E-state index is 5.78. The molecule has 0 amide bonds. The Morgan fingerprint density at radius 3 is 2.59 bits per heavy atom. The van der Waals surface area contributed by atoms with Gasteiger partial charge in [0.15, 0.2) is 6.61 Å². The van der Waals surface area contributed by atoms with E-state index in [1.807, 2.05) is 37.3 Å². The Morgan fingerprint density at radius 2 is 1.78 bits per heavy atom. The molecule has 0 aliphatic heterocycles. The minimum Gasteiger partial charge on any atom is -0.494 e. The molecule has 0 aliphatic carbocycles. The van der Waals surface area contributed by atoms with Crippen molar-refractivity contribution >= 4 is 11.8 Å². The van der Waals surface area contributed by atoms with E-state index in [9.17, 15) is 0 Å². The lowest BCUT2D eigenvalue weighted by molar-refractivity contribution is 0.252. The van der Waals surface area contributed by atoms with Crippen LogP contribution in [0, 0.1) is 20.8 Å². The summed E-state index contributed by atoms with van der Waals surface area (Å²) >= 11 is 1.53. The highest BCUT2D eigenvalue weighted by molar-refractivity contribution is 7.99. The fourth-order valence-electron chi connectivity index (χ4n) is 2.42. The summed E-state index contributed by atoms with van der Waals surface area (Å²) in [6, 6.07) is 14.0. The number of aromatic nitrogens is 2. The fourth-order valence-corrected chi connectivity index (χ4v) is 3.11. The van der Waals surface area contributed by atoms with Gasteiger partial charge in [-0.1, -0.05) is 30.0 Å². The molecular formula is C21H24N2O3S. The van der Waals surface area contributed by atoms with E-state index < -0.39 is 0 Å². The second-order valence-corrected chi connectivity index (χ2v) is 7.41. The highest BCUT2D eigenvalue weighted by Crippen LogP contribution is 2.20. The molecule has 0 atom stereocenters. The van der Waals surface area contributed by atoms with Crippen LogP contribution < -0.4 is 9.47 Å². The van der Waals surface area contributed by atoms with Crippen LogP contribution in [0.15, 0.2) is 52.1 Å². The van der Waals surface area contributed by atoms with E-state index in [0.717, 1.165) is 29.2 Å². The van der Waals surface area contributed by atoms with Gasteiger partial charge in [-0.3, -0.25) is 0 Å². The molecule has 6 heteroatoms. The summed E-state index contributed by atoms with van der Waals surface area (Å²) < 4.78 is 17.1. The topological polar surface area (TPSA) is 57.4 Å². The number of rotatable bonds is 9. The van der Waals surface area contributed by atoms with Gasteiger partial charge in [-0.15, -0.1) is 10.2 Å². The Balaban J connectivity index is 1.36. The van der Waals surface area contributed by atoms with Gasteiger partial charge in [-0.25, -0.2) is 0 Å². The quantitative estimate of drug-likeness (QED) is 0.376. The third-order valence-corrected chi connectivity index (χ3v) is 4.97. The standard InChI is InChI=1S/C21H24N2O3S/c1-15-6-4-7-18(12-15)25-14-20-22-23-21(26-20)27-11-5-10-24-19-9-8-16(2)17(3)13-19/h4,6-9,12-13H,5,10-11,14H2,1-3H3. The third kappa shape index (κ3) is 6.03. The zero-order chi connectivity index (χ0) is 19.1. The monoisotopic (exact) mass is 384 g/mol. The zero-order valence-corrected chi connectivity index (χ0v) is 16.7. The van der Waals surface area contributed by atoms with E-state index in [4.69, 9.17) is 13.9 Å². The molecule has 0 bridgehead atoms. The molecule has 5 nitrogen and oxygen atoms in total. The second kappa shape index (κ2) is 9.46. The summed E-state index contributed by atoms with van der Waals surface area (Å²) in [4.78, 5) is 0. The first-order chi connectivity index (χ1) is 13.1. The van der Waals surface area contributed by atoms with Crippen molar-refractivity contribution in [3.63, 3.8) is 0 Å². The Labute approximate surface area is 164 Å². The number of ether oxygens (including phenoxy) is 2. The normalized spacial score (nSPS) is 10.8. The van der Waals surface area contributed by atoms with Gasteiger partial charge in [0.05, 0.1) is 6.61 Å². The first-order valence-corrected chi connectivity index (χ1v) is 9.93.